The first kappa shape index (κ1) is 13.2. The minimum absolute atomic E-state index is 0.294. The molecule has 1 N–H and O–H groups in total. The third kappa shape index (κ3) is 2.43. The highest BCUT2D eigenvalue weighted by Gasteiger charge is 2.18. The monoisotopic (exact) mass is 271 g/mol. The van der Waals surface area contributed by atoms with Crippen LogP contribution in [0.5, 0.6) is 5.75 Å². The van der Waals surface area contributed by atoms with Crippen molar-refractivity contribution >= 4 is 16.7 Å². The van der Waals surface area contributed by atoms with Crippen molar-refractivity contribution in [2.75, 3.05) is 37.6 Å². The summed E-state index contributed by atoms with van der Waals surface area (Å²) in [5.41, 5.74) is 2.12. The first-order valence-electron chi connectivity index (χ1n) is 7.25. The fraction of sp³-hybridized carbons (Fsp3) is 0.438. The number of benzene rings is 1. The van der Waals surface area contributed by atoms with Crippen molar-refractivity contribution in [2.45, 2.75) is 13.8 Å². The first-order chi connectivity index (χ1) is 9.67. The predicted molar refractivity (Wildman–Crippen MR) is 82.5 cm³/mol. The Hall–Kier alpha value is -1.81. The number of pyridine rings is 1. The summed E-state index contributed by atoms with van der Waals surface area (Å²) in [5.74, 6) is 1.38. The van der Waals surface area contributed by atoms with Gasteiger partial charge in [-0.2, -0.15) is 0 Å². The Labute approximate surface area is 119 Å². The van der Waals surface area contributed by atoms with Crippen LogP contribution in [-0.2, 0) is 0 Å². The molecule has 0 aliphatic carbocycles. The molecule has 1 aromatic heterocycles. The Morgan fingerprint density at radius 2 is 1.90 bits per heavy atom. The van der Waals surface area contributed by atoms with Crippen molar-refractivity contribution in [1.82, 2.24) is 9.88 Å². The summed E-state index contributed by atoms with van der Waals surface area (Å²) >= 11 is 0. The molecule has 2 aromatic rings. The van der Waals surface area contributed by atoms with Crippen LogP contribution in [0.4, 0.5) is 5.82 Å². The van der Waals surface area contributed by atoms with Crippen LogP contribution in [0.15, 0.2) is 24.3 Å². The maximum absolute atomic E-state index is 9.55. The highest BCUT2D eigenvalue weighted by molar-refractivity contribution is 5.83. The third-order valence-corrected chi connectivity index (χ3v) is 4.08. The largest absolute Gasteiger partial charge is 0.508 e. The lowest BCUT2D eigenvalue weighted by atomic mass is 10.1. The molecule has 0 saturated carbocycles. The highest BCUT2D eigenvalue weighted by Crippen LogP contribution is 2.26. The number of phenolic OH excluding ortho intramolecular Hbond substituents is 1. The van der Waals surface area contributed by atoms with Crippen molar-refractivity contribution < 1.29 is 5.11 Å². The summed E-state index contributed by atoms with van der Waals surface area (Å²) in [6.07, 6.45) is 0. The second kappa shape index (κ2) is 5.29. The number of hydrogen-bond donors (Lipinski definition) is 1. The zero-order chi connectivity index (χ0) is 14.1. The van der Waals surface area contributed by atoms with E-state index in [1.807, 2.05) is 6.07 Å². The molecule has 106 valence electrons. The third-order valence-electron chi connectivity index (χ3n) is 4.08. The zero-order valence-corrected chi connectivity index (χ0v) is 12.1. The van der Waals surface area contributed by atoms with E-state index in [1.165, 1.54) is 5.56 Å². The number of nitrogens with zero attached hydrogens (tertiary/aromatic N) is 3. The van der Waals surface area contributed by atoms with E-state index in [0.717, 1.165) is 49.4 Å². The molecule has 1 fully saturated rings. The van der Waals surface area contributed by atoms with Gasteiger partial charge in [0, 0.05) is 31.6 Å². The maximum atomic E-state index is 9.55. The van der Waals surface area contributed by atoms with Gasteiger partial charge in [-0.05, 0) is 43.3 Å². The van der Waals surface area contributed by atoms with Gasteiger partial charge in [-0.25, -0.2) is 4.98 Å². The normalized spacial score (nSPS) is 16.8. The van der Waals surface area contributed by atoms with E-state index in [9.17, 15) is 5.11 Å². The fourth-order valence-electron chi connectivity index (χ4n) is 2.86. The van der Waals surface area contributed by atoms with Crippen molar-refractivity contribution in [3.63, 3.8) is 0 Å². The van der Waals surface area contributed by atoms with Gasteiger partial charge in [-0.15, -0.1) is 0 Å². The van der Waals surface area contributed by atoms with Crippen LogP contribution in [0.2, 0.25) is 0 Å². The van der Waals surface area contributed by atoms with Crippen LogP contribution in [0.3, 0.4) is 0 Å². The van der Waals surface area contributed by atoms with Crippen LogP contribution in [0.25, 0.3) is 10.9 Å². The molecular weight excluding hydrogens is 250 g/mol. The van der Waals surface area contributed by atoms with Crippen LogP contribution < -0.4 is 4.90 Å². The SMILES string of the molecule is CCN1CCN(c2nc3ccc(O)cc3cc2C)CC1. The number of aryl methyl sites for hydroxylation is 1. The van der Waals surface area contributed by atoms with Gasteiger partial charge in [0.25, 0.3) is 0 Å². The molecule has 2 heterocycles. The van der Waals surface area contributed by atoms with Crippen LogP contribution in [0, 0.1) is 6.92 Å². The van der Waals surface area contributed by atoms with E-state index in [-0.39, 0.29) is 0 Å². The minimum atomic E-state index is 0.294. The van der Waals surface area contributed by atoms with E-state index < -0.39 is 0 Å². The second-order valence-corrected chi connectivity index (χ2v) is 5.43. The quantitative estimate of drug-likeness (QED) is 0.910. The summed E-state index contributed by atoms with van der Waals surface area (Å²) in [5, 5.41) is 10.6. The number of anilines is 1. The Bertz CT molecular complexity index is 618. The second-order valence-electron chi connectivity index (χ2n) is 5.43. The molecular formula is C16H21N3O. The molecule has 20 heavy (non-hydrogen) atoms. The average molecular weight is 271 g/mol. The summed E-state index contributed by atoms with van der Waals surface area (Å²) < 4.78 is 0. The van der Waals surface area contributed by atoms with Gasteiger partial charge in [0.15, 0.2) is 0 Å². The molecule has 0 radical (unpaired) electrons. The van der Waals surface area contributed by atoms with Crippen LogP contribution in [-0.4, -0.2) is 47.7 Å². The predicted octanol–water partition coefficient (Wildman–Crippen LogP) is 2.39. The molecule has 0 bridgehead atoms. The van der Waals surface area contributed by atoms with Crippen molar-refractivity contribution in [1.29, 1.82) is 0 Å². The van der Waals surface area contributed by atoms with E-state index in [2.05, 4.69) is 29.7 Å². The van der Waals surface area contributed by atoms with Gasteiger partial charge in [-0.1, -0.05) is 6.92 Å². The molecule has 1 aliphatic rings. The summed E-state index contributed by atoms with van der Waals surface area (Å²) in [4.78, 5) is 9.62. The van der Waals surface area contributed by atoms with Crippen LogP contribution >= 0.6 is 0 Å². The molecule has 0 atom stereocenters. The van der Waals surface area contributed by atoms with Crippen LogP contribution in [0.1, 0.15) is 12.5 Å². The van der Waals surface area contributed by atoms with Crippen molar-refractivity contribution in [3.8, 4) is 5.75 Å². The number of rotatable bonds is 2. The lowest BCUT2D eigenvalue weighted by molar-refractivity contribution is 0.270. The van der Waals surface area contributed by atoms with Gasteiger partial charge in [0.2, 0.25) is 0 Å². The van der Waals surface area contributed by atoms with Crippen molar-refractivity contribution in [3.05, 3.63) is 29.8 Å². The number of aromatic nitrogens is 1. The van der Waals surface area contributed by atoms with Gasteiger partial charge >= 0.3 is 0 Å². The van der Waals surface area contributed by atoms with Gasteiger partial charge in [0.05, 0.1) is 5.52 Å². The smallest absolute Gasteiger partial charge is 0.132 e. The van der Waals surface area contributed by atoms with Gasteiger partial charge < -0.3 is 14.9 Å². The van der Waals surface area contributed by atoms with E-state index in [4.69, 9.17) is 4.98 Å². The minimum Gasteiger partial charge on any atom is -0.508 e. The molecule has 3 rings (SSSR count). The molecule has 1 aromatic carbocycles. The number of piperazine rings is 1. The Morgan fingerprint density at radius 1 is 1.15 bits per heavy atom. The maximum Gasteiger partial charge on any atom is 0.132 e. The lowest BCUT2D eigenvalue weighted by Crippen LogP contribution is -2.46. The summed E-state index contributed by atoms with van der Waals surface area (Å²) in [7, 11) is 0. The molecule has 4 heteroatoms. The molecule has 0 spiro atoms. The topological polar surface area (TPSA) is 39.6 Å². The fourth-order valence-corrected chi connectivity index (χ4v) is 2.86. The summed E-state index contributed by atoms with van der Waals surface area (Å²) in [6.45, 7) is 9.70. The standard InChI is InChI=1S/C16H21N3O/c1-3-18-6-8-19(9-7-18)16-12(2)10-13-11-14(20)4-5-15(13)17-16/h4-5,10-11,20H,3,6-9H2,1-2H3. The Morgan fingerprint density at radius 3 is 2.60 bits per heavy atom. The van der Waals surface area contributed by atoms with E-state index in [0.29, 0.717) is 5.75 Å². The van der Waals surface area contributed by atoms with E-state index in [1.54, 1.807) is 12.1 Å². The lowest BCUT2D eigenvalue weighted by Gasteiger charge is -2.35. The molecule has 0 unspecified atom stereocenters. The molecule has 1 aliphatic heterocycles. The summed E-state index contributed by atoms with van der Waals surface area (Å²) in [6, 6.07) is 7.47. The highest BCUT2D eigenvalue weighted by atomic mass is 16.3. The number of aromatic hydroxyl groups is 1. The first-order valence-corrected chi connectivity index (χ1v) is 7.25. The van der Waals surface area contributed by atoms with Crippen molar-refractivity contribution in [2.24, 2.45) is 0 Å². The van der Waals surface area contributed by atoms with Gasteiger partial charge in [-0.3, -0.25) is 0 Å². The molecule has 0 amide bonds. The number of phenols is 1. The molecule has 4 nitrogen and oxygen atoms in total. The van der Waals surface area contributed by atoms with Gasteiger partial charge in [0.1, 0.15) is 11.6 Å². The Balaban J connectivity index is 1.92. The molecule has 1 saturated heterocycles. The number of hydrogen-bond acceptors (Lipinski definition) is 4. The average Bonchev–Trinajstić information content (AvgIpc) is 2.46. The van der Waals surface area contributed by atoms with E-state index >= 15 is 0 Å². The Kier molecular flexibility index (Phi) is 3.49. The number of fused-ring (bicyclic) bond motifs is 1. The number of likely N-dealkylation sites (N-methyl/N-ethyl adjacent to an activating group) is 1. The zero-order valence-electron chi connectivity index (χ0n) is 12.1.